The van der Waals surface area contributed by atoms with Crippen LogP contribution >= 0.6 is 11.3 Å². The van der Waals surface area contributed by atoms with E-state index in [9.17, 15) is 0 Å². The van der Waals surface area contributed by atoms with Gasteiger partial charge in [0.1, 0.15) is 5.01 Å². The number of nitrogens with one attached hydrogen (secondary N) is 1. The highest BCUT2D eigenvalue weighted by Crippen LogP contribution is 2.20. The summed E-state index contributed by atoms with van der Waals surface area (Å²) in [5, 5.41) is 13.1. The Morgan fingerprint density at radius 3 is 3.24 bits per heavy atom. The van der Waals surface area contributed by atoms with Crippen LogP contribution in [-0.2, 0) is 11.3 Å². The fraction of sp³-hybridized carbons (Fsp3) is 0.818. The smallest absolute Gasteiger partial charge is 0.294 e. The average Bonchev–Trinajstić information content (AvgIpc) is 2.98. The first-order valence-corrected chi connectivity index (χ1v) is 6.93. The molecule has 1 aromatic rings. The van der Waals surface area contributed by atoms with Crippen molar-refractivity contribution >= 4 is 11.3 Å². The summed E-state index contributed by atoms with van der Waals surface area (Å²) in [5.74, 6) is 0.514. The summed E-state index contributed by atoms with van der Waals surface area (Å²) in [7, 11) is 0. The minimum absolute atomic E-state index is 0.514. The zero-order valence-electron chi connectivity index (χ0n) is 10.1. The Kier molecular flexibility index (Phi) is 5.15. The van der Waals surface area contributed by atoms with Crippen molar-refractivity contribution in [2.75, 3.05) is 26.4 Å². The van der Waals surface area contributed by atoms with Crippen molar-refractivity contribution in [3.63, 3.8) is 0 Å². The Hall–Kier alpha value is -0.720. The van der Waals surface area contributed by atoms with E-state index < -0.39 is 0 Å². The second kappa shape index (κ2) is 6.88. The zero-order valence-corrected chi connectivity index (χ0v) is 11.0. The van der Waals surface area contributed by atoms with Crippen LogP contribution in [0.2, 0.25) is 0 Å². The van der Waals surface area contributed by atoms with Gasteiger partial charge in [-0.25, -0.2) is 0 Å². The van der Waals surface area contributed by atoms with Gasteiger partial charge in [0.25, 0.3) is 5.19 Å². The lowest BCUT2D eigenvalue weighted by molar-refractivity contribution is 0.166. The van der Waals surface area contributed by atoms with Gasteiger partial charge in [-0.1, -0.05) is 18.3 Å². The Balaban J connectivity index is 1.69. The molecule has 0 amide bonds. The SMILES string of the molecule is CCCNCc1nnc(OCC2CCOC2)s1. The first kappa shape index (κ1) is 12.7. The summed E-state index contributed by atoms with van der Waals surface area (Å²) >= 11 is 1.52. The summed E-state index contributed by atoms with van der Waals surface area (Å²) in [6, 6.07) is 0. The molecule has 0 aromatic carbocycles. The molecule has 1 aliphatic rings. The molecule has 0 radical (unpaired) electrons. The van der Waals surface area contributed by atoms with Gasteiger partial charge in [0.2, 0.25) is 0 Å². The first-order valence-electron chi connectivity index (χ1n) is 6.12. The number of aromatic nitrogens is 2. The number of hydrogen-bond donors (Lipinski definition) is 1. The van der Waals surface area contributed by atoms with Gasteiger partial charge in [0.05, 0.1) is 13.2 Å². The van der Waals surface area contributed by atoms with Crippen LogP contribution in [-0.4, -0.2) is 36.6 Å². The normalized spacial score (nSPS) is 19.7. The van der Waals surface area contributed by atoms with E-state index in [-0.39, 0.29) is 0 Å². The molecule has 0 aliphatic carbocycles. The first-order chi connectivity index (χ1) is 8.38. The Morgan fingerprint density at radius 1 is 1.53 bits per heavy atom. The molecule has 17 heavy (non-hydrogen) atoms. The van der Waals surface area contributed by atoms with E-state index in [4.69, 9.17) is 9.47 Å². The van der Waals surface area contributed by atoms with E-state index in [0.29, 0.717) is 17.7 Å². The van der Waals surface area contributed by atoms with Gasteiger partial charge in [-0.2, -0.15) is 0 Å². The van der Waals surface area contributed by atoms with Crippen LogP contribution in [0.4, 0.5) is 0 Å². The Bertz CT molecular complexity index is 326. The van der Waals surface area contributed by atoms with Crippen molar-refractivity contribution in [3.05, 3.63) is 5.01 Å². The van der Waals surface area contributed by atoms with Crippen molar-refractivity contribution in [3.8, 4) is 5.19 Å². The van der Waals surface area contributed by atoms with Gasteiger partial charge >= 0.3 is 0 Å². The molecule has 0 saturated carbocycles. The summed E-state index contributed by atoms with van der Waals surface area (Å²) in [6.07, 6.45) is 2.22. The van der Waals surface area contributed by atoms with Gasteiger partial charge in [0.15, 0.2) is 0 Å². The molecule has 2 rings (SSSR count). The molecule has 1 unspecified atom stereocenters. The standard InChI is InChI=1S/C11H19N3O2S/c1-2-4-12-6-10-13-14-11(17-10)16-8-9-3-5-15-7-9/h9,12H,2-8H2,1H3. The zero-order chi connectivity index (χ0) is 11.9. The molecule has 1 atom stereocenters. The Morgan fingerprint density at radius 2 is 2.47 bits per heavy atom. The fourth-order valence-electron chi connectivity index (χ4n) is 1.64. The van der Waals surface area contributed by atoms with Crippen LogP contribution in [0, 0.1) is 5.92 Å². The van der Waals surface area contributed by atoms with E-state index in [1.807, 2.05) is 0 Å². The highest BCUT2D eigenvalue weighted by atomic mass is 32.1. The van der Waals surface area contributed by atoms with Gasteiger partial charge in [0, 0.05) is 19.1 Å². The lowest BCUT2D eigenvalue weighted by Crippen LogP contribution is -2.13. The van der Waals surface area contributed by atoms with Crippen LogP contribution in [0.5, 0.6) is 5.19 Å². The van der Waals surface area contributed by atoms with Crippen LogP contribution in [0.25, 0.3) is 0 Å². The molecule has 0 bridgehead atoms. The minimum atomic E-state index is 0.514. The van der Waals surface area contributed by atoms with E-state index in [1.165, 1.54) is 11.3 Å². The van der Waals surface area contributed by atoms with Crippen molar-refractivity contribution < 1.29 is 9.47 Å². The van der Waals surface area contributed by atoms with E-state index in [0.717, 1.165) is 44.2 Å². The molecule has 96 valence electrons. The quantitative estimate of drug-likeness (QED) is 0.749. The third-order valence-electron chi connectivity index (χ3n) is 2.62. The molecule has 1 aliphatic heterocycles. The highest BCUT2D eigenvalue weighted by Gasteiger charge is 2.17. The number of ether oxygens (including phenoxy) is 2. The maximum atomic E-state index is 5.61. The molecular weight excluding hydrogens is 238 g/mol. The average molecular weight is 257 g/mol. The predicted molar refractivity (Wildman–Crippen MR) is 66.3 cm³/mol. The number of hydrogen-bond acceptors (Lipinski definition) is 6. The highest BCUT2D eigenvalue weighted by molar-refractivity contribution is 7.13. The monoisotopic (exact) mass is 257 g/mol. The Labute approximate surface area is 106 Å². The summed E-state index contributed by atoms with van der Waals surface area (Å²) in [5.41, 5.74) is 0. The third-order valence-corrected chi connectivity index (χ3v) is 3.45. The second-order valence-electron chi connectivity index (χ2n) is 4.18. The molecule has 1 fully saturated rings. The lowest BCUT2D eigenvalue weighted by Gasteiger charge is -2.06. The van der Waals surface area contributed by atoms with E-state index in [2.05, 4.69) is 22.4 Å². The summed E-state index contributed by atoms with van der Waals surface area (Å²) in [6.45, 7) is 6.29. The predicted octanol–water partition coefficient (Wildman–Crippen LogP) is 1.45. The summed E-state index contributed by atoms with van der Waals surface area (Å²) < 4.78 is 10.9. The van der Waals surface area contributed by atoms with Crippen molar-refractivity contribution in [2.24, 2.45) is 5.92 Å². The van der Waals surface area contributed by atoms with Gasteiger partial charge < -0.3 is 14.8 Å². The molecule has 1 N–H and O–H groups in total. The maximum absolute atomic E-state index is 5.61. The topological polar surface area (TPSA) is 56.3 Å². The third kappa shape index (κ3) is 4.22. The van der Waals surface area contributed by atoms with E-state index >= 15 is 0 Å². The number of nitrogens with zero attached hydrogens (tertiary/aromatic N) is 2. The van der Waals surface area contributed by atoms with Crippen LogP contribution in [0.3, 0.4) is 0 Å². The van der Waals surface area contributed by atoms with Gasteiger partial charge in [-0.15, -0.1) is 10.2 Å². The molecule has 2 heterocycles. The van der Waals surface area contributed by atoms with Crippen molar-refractivity contribution in [2.45, 2.75) is 26.3 Å². The van der Waals surface area contributed by atoms with Crippen LogP contribution in [0.15, 0.2) is 0 Å². The van der Waals surface area contributed by atoms with Crippen LogP contribution < -0.4 is 10.1 Å². The molecular formula is C11H19N3O2S. The number of rotatable bonds is 7. The molecule has 0 spiro atoms. The van der Waals surface area contributed by atoms with Crippen molar-refractivity contribution in [1.82, 2.24) is 15.5 Å². The minimum Gasteiger partial charge on any atom is -0.469 e. The van der Waals surface area contributed by atoms with Gasteiger partial charge in [-0.3, -0.25) is 0 Å². The molecule has 5 nitrogen and oxygen atoms in total. The maximum Gasteiger partial charge on any atom is 0.294 e. The summed E-state index contributed by atoms with van der Waals surface area (Å²) in [4.78, 5) is 0. The fourth-order valence-corrected chi connectivity index (χ4v) is 2.31. The molecule has 1 saturated heterocycles. The van der Waals surface area contributed by atoms with Gasteiger partial charge in [-0.05, 0) is 19.4 Å². The molecule has 1 aromatic heterocycles. The molecule has 6 heteroatoms. The van der Waals surface area contributed by atoms with Crippen LogP contribution in [0.1, 0.15) is 24.8 Å². The largest absolute Gasteiger partial charge is 0.469 e. The second-order valence-corrected chi connectivity index (χ2v) is 5.20. The lowest BCUT2D eigenvalue weighted by atomic mass is 10.1. The van der Waals surface area contributed by atoms with Crippen molar-refractivity contribution in [1.29, 1.82) is 0 Å². The van der Waals surface area contributed by atoms with E-state index in [1.54, 1.807) is 0 Å².